The maximum absolute atomic E-state index is 5.55. The van der Waals surface area contributed by atoms with E-state index in [1.54, 1.807) is 11.3 Å². The average molecular weight is 309 g/mol. The summed E-state index contributed by atoms with van der Waals surface area (Å²) >= 11 is 7.28. The molecule has 0 aliphatic rings. The molecule has 0 radical (unpaired) electrons. The van der Waals surface area contributed by atoms with E-state index in [1.807, 2.05) is 11.8 Å². The molecule has 0 amide bonds. The molecule has 86 valence electrons. The van der Waals surface area contributed by atoms with Gasteiger partial charge in [0.2, 0.25) is 0 Å². The molecule has 0 fully saturated rings. The van der Waals surface area contributed by atoms with Crippen LogP contribution in [0.1, 0.15) is 18.2 Å². The number of thioether (sulfide) groups is 1. The van der Waals surface area contributed by atoms with Crippen LogP contribution in [-0.4, -0.2) is 17.5 Å². The first-order chi connectivity index (χ1) is 7.27. The predicted molar refractivity (Wildman–Crippen MR) is 74.5 cm³/mol. The predicted octanol–water partition coefficient (Wildman–Crippen LogP) is 3.03. The van der Waals surface area contributed by atoms with Crippen LogP contribution < -0.4 is 11.3 Å². The first-order valence-electron chi connectivity index (χ1n) is 5.03. The standard InChI is InChI=1S/C10H17BrN2S2/c1-2-4-14-7-8(13-12)6-10-9(11)3-5-15-10/h3,5,8,13H,2,4,6-7,12H2,1H3. The molecular formula is C10H17BrN2S2. The Balaban J connectivity index is 2.36. The monoisotopic (exact) mass is 308 g/mol. The van der Waals surface area contributed by atoms with E-state index in [0.717, 1.165) is 12.2 Å². The lowest BCUT2D eigenvalue weighted by Crippen LogP contribution is -2.38. The van der Waals surface area contributed by atoms with Crippen molar-refractivity contribution in [1.82, 2.24) is 5.43 Å². The normalized spacial score (nSPS) is 13.0. The number of thiophene rings is 1. The zero-order valence-corrected chi connectivity index (χ0v) is 12.1. The van der Waals surface area contributed by atoms with Gasteiger partial charge >= 0.3 is 0 Å². The second-order valence-corrected chi connectivity index (χ2v) is 6.34. The molecule has 1 unspecified atom stereocenters. The molecule has 0 saturated heterocycles. The van der Waals surface area contributed by atoms with E-state index >= 15 is 0 Å². The van der Waals surface area contributed by atoms with Gasteiger partial charge in [-0.1, -0.05) is 6.92 Å². The molecular weight excluding hydrogens is 292 g/mol. The molecule has 0 bridgehead atoms. The van der Waals surface area contributed by atoms with Crippen molar-refractivity contribution in [2.24, 2.45) is 5.84 Å². The average Bonchev–Trinajstić information content (AvgIpc) is 2.63. The van der Waals surface area contributed by atoms with Gasteiger partial charge in [0, 0.05) is 27.6 Å². The zero-order valence-electron chi connectivity index (χ0n) is 8.83. The van der Waals surface area contributed by atoms with Crippen LogP contribution in [0.3, 0.4) is 0 Å². The lowest BCUT2D eigenvalue weighted by molar-refractivity contribution is 0.578. The van der Waals surface area contributed by atoms with Crippen LogP contribution in [-0.2, 0) is 6.42 Å². The van der Waals surface area contributed by atoms with E-state index < -0.39 is 0 Å². The van der Waals surface area contributed by atoms with Gasteiger partial charge in [0.1, 0.15) is 0 Å². The molecule has 2 nitrogen and oxygen atoms in total. The lowest BCUT2D eigenvalue weighted by Gasteiger charge is -2.14. The fourth-order valence-electron chi connectivity index (χ4n) is 1.23. The minimum atomic E-state index is 0.372. The molecule has 1 rings (SSSR count). The van der Waals surface area contributed by atoms with Crippen molar-refractivity contribution in [3.63, 3.8) is 0 Å². The molecule has 1 aromatic heterocycles. The summed E-state index contributed by atoms with van der Waals surface area (Å²) in [7, 11) is 0. The Morgan fingerprint density at radius 1 is 1.67 bits per heavy atom. The molecule has 1 atom stereocenters. The van der Waals surface area contributed by atoms with Gasteiger partial charge in [0.05, 0.1) is 0 Å². The van der Waals surface area contributed by atoms with Gasteiger partial charge in [-0.15, -0.1) is 11.3 Å². The smallest absolute Gasteiger partial charge is 0.0349 e. The maximum atomic E-state index is 5.55. The van der Waals surface area contributed by atoms with Crippen molar-refractivity contribution in [3.05, 3.63) is 20.8 Å². The lowest BCUT2D eigenvalue weighted by atomic mass is 10.2. The van der Waals surface area contributed by atoms with E-state index in [2.05, 4.69) is 39.7 Å². The largest absolute Gasteiger partial charge is 0.271 e. The van der Waals surface area contributed by atoms with Crippen molar-refractivity contribution < 1.29 is 0 Å². The highest BCUT2D eigenvalue weighted by molar-refractivity contribution is 9.10. The van der Waals surface area contributed by atoms with Gasteiger partial charge in [0.25, 0.3) is 0 Å². The van der Waals surface area contributed by atoms with E-state index in [1.165, 1.54) is 21.5 Å². The second kappa shape index (κ2) is 7.68. The van der Waals surface area contributed by atoms with Crippen LogP contribution >= 0.6 is 39.0 Å². The summed E-state index contributed by atoms with van der Waals surface area (Å²) in [4.78, 5) is 1.37. The molecule has 0 spiro atoms. The zero-order chi connectivity index (χ0) is 11.1. The summed E-state index contributed by atoms with van der Waals surface area (Å²) in [6, 6.07) is 2.46. The minimum absolute atomic E-state index is 0.372. The Morgan fingerprint density at radius 3 is 3.00 bits per heavy atom. The highest BCUT2D eigenvalue weighted by Gasteiger charge is 2.10. The highest BCUT2D eigenvalue weighted by Crippen LogP contribution is 2.24. The quantitative estimate of drug-likeness (QED) is 0.462. The number of hydrazine groups is 1. The Bertz CT molecular complexity index is 278. The van der Waals surface area contributed by atoms with Gasteiger partial charge < -0.3 is 0 Å². The SMILES string of the molecule is CCCSCC(Cc1sccc1Br)NN. The second-order valence-electron chi connectivity index (χ2n) is 3.33. The summed E-state index contributed by atoms with van der Waals surface area (Å²) in [5.41, 5.74) is 2.89. The molecule has 5 heteroatoms. The van der Waals surface area contributed by atoms with E-state index in [9.17, 15) is 0 Å². The molecule has 15 heavy (non-hydrogen) atoms. The summed E-state index contributed by atoms with van der Waals surface area (Å²) in [5, 5.41) is 2.10. The molecule has 1 aromatic rings. The van der Waals surface area contributed by atoms with Crippen molar-refractivity contribution >= 4 is 39.0 Å². The van der Waals surface area contributed by atoms with Crippen LogP contribution in [0.2, 0.25) is 0 Å². The third-order valence-electron chi connectivity index (χ3n) is 2.03. The molecule has 0 aromatic carbocycles. The fraction of sp³-hybridized carbons (Fsp3) is 0.600. The molecule has 3 N–H and O–H groups in total. The number of halogens is 1. The topological polar surface area (TPSA) is 38.0 Å². The van der Waals surface area contributed by atoms with Crippen LogP contribution in [0.25, 0.3) is 0 Å². The molecule has 0 aliphatic heterocycles. The van der Waals surface area contributed by atoms with Crippen LogP contribution in [0.5, 0.6) is 0 Å². The van der Waals surface area contributed by atoms with Gasteiger partial charge in [-0.25, -0.2) is 0 Å². The summed E-state index contributed by atoms with van der Waals surface area (Å²) in [5.74, 6) is 7.84. The fourth-order valence-corrected chi connectivity index (χ4v) is 3.78. The number of hydrogen-bond donors (Lipinski definition) is 2. The van der Waals surface area contributed by atoms with Crippen molar-refractivity contribution in [1.29, 1.82) is 0 Å². The maximum Gasteiger partial charge on any atom is 0.0349 e. The Hall–Kier alpha value is 0.450. The third-order valence-corrected chi connectivity index (χ3v) is 5.31. The Morgan fingerprint density at radius 2 is 2.47 bits per heavy atom. The van der Waals surface area contributed by atoms with E-state index in [-0.39, 0.29) is 0 Å². The summed E-state index contributed by atoms with van der Waals surface area (Å²) < 4.78 is 1.20. The number of nitrogens with one attached hydrogen (secondary N) is 1. The molecule has 0 aliphatic carbocycles. The van der Waals surface area contributed by atoms with Gasteiger partial charge in [-0.3, -0.25) is 11.3 Å². The van der Waals surface area contributed by atoms with Crippen LogP contribution in [0.4, 0.5) is 0 Å². The number of rotatable bonds is 7. The number of hydrogen-bond acceptors (Lipinski definition) is 4. The molecule has 1 heterocycles. The third kappa shape index (κ3) is 4.87. The van der Waals surface area contributed by atoms with Crippen LogP contribution in [0.15, 0.2) is 15.9 Å². The van der Waals surface area contributed by atoms with Crippen molar-refractivity contribution in [2.45, 2.75) is 25.8 Å². The summed E-state index contributed by atoms with van der Waals surface area (Å²) in [6.07, 6.45) is 2.23. The van der Waals surface area contributed by atoms with E-state index in [4.69, 9.17) is 5.84 Å². The Labute approximate surface area is 108 Å². The minimum Gasteiger partial charge on any atom is -0.271 e. The Kier molecular flexibility index (Phi) is 6.92. The molecule has 0 saturated carbocycles. The van der Waals surface area contributed by atoms with E-state index in [0.29, 0.717) is 6.04 Å². The summed E-state index contributed by atoms with van der Waals surface area (Å²) in [6.45, 7) is 2.20. The first-order valence-corrected chi connectivity index (χ1v) is 7.86. The highest BCUT2D eigenvalue weighted by atomic mass is 79.9. The van der Waals surface area contributed by atoms with Gasteiger partial charge in [0.15, 0.2) is 0 Å². The van der Waals surface area contributed by atoms with Gasteiger partial charge in [-0.05, 0) is 39.6 Å². The number of nitrogens with two attached hydrogens (primary N) is 1. The van der Waals surface area contributed by atoms with Crippen LogP contribution in [0, 0.1) is 0 Å². The van der Waals surface area contributed by atoms with Gasteiger partial charge in [-0.2, -0.15) is 11.8 Å². The van der Waals surface area contributed by atoms with Crippen molar-refractivity contribution in [3.8, 4) is 0 Å². The van der Waals surface area contributed by atoms with Crippen molar-refractivity contribution in [2.75, 3.05) is 11.5 Å². The first kappa shape index (κ1) is 13.5.